The first-order chi connectivity index (χ1) is 14.4. The molecule has 2 aliphatic rings. The minimum absolute atomic E-state index is 0.390. The smallest absolute Gasteiger partial charge is 0.00672 e. The minimum Gasteiger partial charge on any atom is -0.327 e. The molecule has 0 radical (unpaired) electrons. The van der Waals surface area contributed by atoms with E-state index in [0.29, 0.717) is 12.0 Å². The van der Waals surface area contributed by atoms with Crippen LogP contribution in [-0.4, -0.2) is 6.04 Å². The highest BCUT2D eigenvalue weighted by atomic mass is 14.7. The molecule has 2 N–H and O–H groups in total. The number of hydrogen-bond acceptors (Lipinski definition) is 1. The first-order valence-corrected chi connectivity index (χ1v) is 14.2. The summed E-state index contributed by atoms with van der Waals surface area (Å²) < 4.78 is 0. The summed E-state index contributed by atoms with van der Waals surface area (Å²) in [6.07, 6.45) is 19.9. The highest BCUT2D eigenvalue weighted by Gasteiger charge is 2.44. The molecule has 0 aromatic carbocycles. The van der Waals surface area contributed by atoms with Gasteiger partial charge in [-0.2, -0.15) is 0 Å². The summed E-state index contributed by atoms with van der Waals surface area (Å²) in [6.45, 7) is 14.6. The molecule has 178 valence electrons. The van der Waals surface area contributed by atoms with Crippen LogP contribution in [0, 0.1) is 47.3 Å². The summed E-state index contributed by atoms with van der Waals surface area (Å²) in [5.41, 5.74) is 6.85. The number of hydrogen-bond donors (Lipinski definition) is 1. The van der Waals surface area contributed by atoms with Crippen LogP contribution in [0.3, 0.4) is 0 Å². The predicted molar refractivity (Wildman–Crippen MR) is 135 cm³/mol. The molecule has 2 fully saturated rings. The largest absolute Gasteiger partial charge is 0.327 e. The van der Waals surface area contributed by atoms with E-state index >= 15 is 0 Å². The van der Waals surface area contributed by atoms with Gasteiger partial charge in [-0.25, -0.2) is 0 Å². The van der Waals surface area contributed by atoms with Crippen LogP contribution in [0.2, 0.25) is 0 Å². The molecule has 0 saturated heterocycles. The van der Waals surface area contributed by atoms with Crippen molar-refractivity contribution in [3.63, 3.8) is 0 Å². The molecule has 1 heteroatoms. The fourth-order valence-corrected chi connectivity index (χ4v) is 7.10. The van der Waals surface area contributed by atoms with Crippen LogP contribution in [0.1, 0.15) is 131 Å². The van der Waals surface area contributed by atoms with Gasteiger partial charge in [-0.1, -0.05) is 112 Å². The average molecular weight is 420 g/mol. The van der Waals surface area contributed by atoms with Crippen molar-refractivity contribution in [2.24, 2.45) is 53.1 Å². The van der Waals surface area contributed by atoms with Gasteiger partial charge in [0.15, 0.2) is 0 Å². The van der Waals surface area contributed by atoms with E-state index < -0.39 is 0 Å². The molecule has 0 spiro atoms. The average Bonchev–Trinajstić information content (AvgIpc) is 3.06. The molecular formula is C29H57N. The molecule has 0 amide bonds. The van der Waals surface area contributed by atoms with Crippen LogP contribution in [0.5, 0.6) is 0 Å². The highest BCUT2D eigenvalue weighted by molar-refractivity contribution is 4.94. The van der Waals surface area contributed by atoms with Gasteiger partial charge in [0.25, 0.3) is 0 Å². The Bertz CT molecular complexity index is 442. The first-order valence-electron chi connectivity index (χ1n) is 14.2. The molecule has 2 saturated carbocycles. The molecule has 0 aliphatic heterocycles. The van der Waals surface area contributed by atoms with Crippen molar-refractivity contribution in [3.8, 4) is 0 Å². The second-order valence-corrected chi connectivity index (χ2v) is 11.8. The molecule has 8 atom stereocenters. The molecule has 0 heterocycles. The highest BCUT2D eigenvalue weighted by Crippen LogP contribution is 2.52. The lowest BCUT2D eigenvalue weighted by Gasteiger charge is -2.40. The van der Waals surface area contributed by atoms with Crippen molar-refractivity contribution in [2.75, 3.05) is 0 Å². The van der Waals surface area contributed by atoms with Crippen molar-refractivity contribution in [3.05, 3.63) is 0 Å². The Hall–Kier alpha value is -0.0400. The lowest BCUT2D eigenvalue weighted by molar-refractivity contribution is 0.101. The maximum Gasteiger partial charge on any atom is 0.00672 e. The zero-order chi connectivity index (χ0) is 22.1. The third-order valence-electron chi connectivity index (χ3n) is 9.68. The molecule has 0 aromatic heterocycles. The summed E-state index contributed by atoms with van der Waals surface area (Å²) in [5, 5.41) is 0. The maximum atomic E-state index is 6.85. The van der Waals surface area contributed by atoms with E-state index in [2.05, 4.69) is 41.5 Å². The molecule has 30 heavy (non-hydrogen) atoms. The van der Waals surface area contributed by atoms with Gasteiger partial charge in [-0.15, -0.1) is 0 Å². The van der Waals surface area contributed by atoms with Crippen molar-refractivity contribution in [1.29, 1.82) is 0 Å². The molecule has 2 aliphatic carbocycles. The maximum absolute atomic E-state index is 6.85. The van der Waals surface area contributed by atoms with E-state index in [9.17, 15) is 0 Å². The second kappa shape index (κ2) is 13.5. The summed E-state index contributed by atoms with van der Waals surface area (Å²) in [4.78, 5) is 0. The van der Waals surface area contributed by atoms with Crippen LogP contribution in [0.15, 0.2) is 0 Å². The summed E-state index contributed by atoms with van der Waals surface area (Å²) in [5.74, 6) is 7.21. The Morgan fingerprint density at radius 1 is 0.833 bits per heavy atom. The van der Waals surface area contributed by atoms with Crippen molar-refractivity contribution < 1.29 is 0 Å². The summed E-state index contributed by atoms with van der Waals surface area (Å²) >= 11 is 0. The SMILES string of the molecule is CCCCCCC(C)C(CCC)C(CC(N)C(C)CC)C1CC(C2CCC2)CC1C. The second-order valence-electron chi connectivity index (χ2n) is 11.8. The molecular weight excluding hydrogens is 362 g/mol. The van der Waals surface area contributed by atoms with Crippen LogP contribution < -0.4 is 5.73 Å². The summed E-state index contributed by atoms with van der Waals surface area (Å²) in [6, 6.07) is 0.390. The van der Waals surface area contributed by atoms with Crippen molar-refractivity contribution >= 4 is 0 Å². The lowest BCUT2D eigenvalue weighted by atomic mass is 9.66. The summed E-state index contributed by atoms with van der Waals surface area (Å²) in [7, 11) is 0. The van der Waals surface area contributed by atoms with Gasteiger partial charge in [0, 0.05) is 6.04 Å². The zero-order valence-electron chi connectivity index (χ0n) is 21.7. The Morgan fingerprint density at radius 3 is 2.13 bits per heavy atom. The van der Waals surface area contributed by atoms with Crippen LogP contribution >= 0.6 is 0 Å². The molecule has 0 aromatic rings. The minimum atomic E-state index is 0.390. The fourth-order valence-electron chi connectivity index (χ4n) is 7.10. The van der Waals surface area contributed by atoms with Gasteiger partial charge in [-0.3, -0.25) is 0 Å². The third kappa shape index (κ3) is 7.25. The zero-order valence-corrected chi connectivity index (χ0v) is 21.7. The van der Waals surface area contributed by atoms with E-state index in [1.165, 1.54) is 89.9 Å². The van der Waals surface area contributed by atoms with E-state index in [1.807, 2.05) is 0 Å². The number of unbranched alkanes of at least 4 members (excludes halogenated alkanes) is 3. The Balaban J connectivity index is 2.13. The molecule has 8 unspecified atom stereocenters. The van der Waals surface area contributed by atoms with Gasteiger partial charge in [0.2, 0.25) is 0 Å². The number of nitrogens with two attached hydrogens (primary N) is 1. The molecule has 2 rings (SSSR count). The van der Waals surface area contributed by atoms with Gasteiger partial charge in [0.1, 0.15) is 0 Å². The van der Waals surface area contributed by atoms with Crippen molar-refractivity contribution in [1.82, 2.24) is 0 Å². The van der Waals surface area contributed by atoms with Gasteiger partial charge >= 0.3 is 0 Å². The fraction of sp³-hybridized carbons (Fsp3) is 1.00. The quantitative estimate of drug-likeness (QED) is 0.263. The van der Waals surface area contributed by atoms with Gasteiger partial charge in [0.05, 0.1) is 0 Å². The Labute approximate surface area is 190 Å². The van der Waals surface area contributed by atoms with E-state index in [4.69, 9.17) is 5.73 Å². The normalized spacial score (nSPS) is 29.9. The topological polar surface area (TPSA) is 26.0 Å². The van der Waals surface area contributed by atoms with Crippen LogP contribution in [0.25, 0.3) is 0 Å². The van der Waals surface area contributed by atoms with E-state index in [-0.39, 0.29) is 0 Å². The molecule has 1 nitrogen and oxygen atoms in total. The standard InChI is InChI=1S/C29H57N/c1-7-10-11-12-15-22(5)26(14-8-2)28(20-29(30)21(4)9-3)27-19-25(18-23(27)6)24-16-13-17-24/h21-29H,7-20,30H2,1-6H3. The Morgan fingerprint density at radius 2 is 1.57 bits per heavy atom. The third-order valence-corrected chi connectivity index (χ3v) is 9.68. The van der Waals surface area contributed by atoms with Gasteiger partial charge < -0.3 is 5.73 Å². The molecule has 0 bridgehead atoms. The monoisotopic (exact) mass is 419 g/mol. The first kappa shape index (κ1) is 26.2. The van der Waals surface area contributed by atoms with E-state index in [0.717, 1.165) is 41.4 Å². The van der Waals surface area contributed by atoms with Crippen LogP contribution in [-0.2, 0) is 0 Å². The van der Waals surface area contributed by atoms with Crippen LogP contribution in [0.4, 0.5) is 0 Å². The van der Waals surface area contributed by atoms with E-state index in [1.54, 1.807) is 0 Å². The predicted octanol–water partition coefficient (Wildman–Crippen LogP) is 8.85. The van der Waals surface area contributed by atoms with Gasteiger partial charge in [-0.05, 0) is 66.6 Å². The number of rotatable bonds is 15. The van der Waals surface area contributed by atoms with Crippen molar-refractivity contribution in [2.45, 2.75) is 137 Å². The Kier molecular flexibility index (Phi) is 11.8. The lowest BCUT2D eigenvalue weighted by Crippen LogP contribution is -2.38.